The Bertz CT molecular complexity index is 333. The van der Waals surface area contributed by atoms with Crippen LogP contribution < -0.4 is 10.6 Å². The molecule has 4 N–H and O–H groups in total. The van der Waals surface area contributed by atoms with Gasteiger partial charge in [-0.2, -0.15) is 0 Å². The number of amides is 2. The van der Waals surface area contributed by atoms with Crippen LogP contribution in [-0.4, -0.2) is 40.3 Å². The molecule has 0 spiro atoms. The molecule has 7 nitrogen and oxygen atoms in total. The summed E-state index contributed by atoms with van der Waals surface area (Å²) >= 11 is 0. The molecule has 2 unspecified atom stereocenters. The quantitative estimate of drug-likeness (QED) is 0.455. The van der Waals surface area contributed by atoms with Crippen molar-refractivity contribution in [3.63, 3.8) is 0 Å². The van der Waals surface area contributed by atoms with E-state index in [1.165, 1.54) is 0 Å². The van der Waals surface area contributed by atoms with E-state index in [0.717, 1.165) is 25.7 Å². The average Bonchev–Trinajstić information content (AvgIpc) is 2.34. The standard InChI is InChI=1S/C13H24N2O5/c1-3-4-5-6-9(2)14-13(20)15-10(12(18)19)7-8-11(16)17/h9-10H,3-8H2,1-2H3,(H,16,17)(H,18,19)(H2,14,15,20). The van der Waals surface area contributed by atoms with Crippen LogP contribution in [0.4, 0.5) is 4.79 Å². The average molecular weight is 288 g/mol. The van der Waals surface area contributed by atoms with E-state index in [1.807, 2.05) is 6.92 Å². The van der Waals surface area contributed by atoms with Crippen molar-refractivity contribution in [2.75, 3.05) is 0 Å². The lowest BCUT2D eigenvalue weighted by Crippen LogP contribution is -2.48. The van der Waals surface area contributed by atoms with Crippen LogP contribution in [0.3, 0.4) is 0 Å². The largest absolute Gasteiger partial charge is 0.481 e. The monoisotopic (exact) mass is 288 g/mol. The molecular formula is C13H24N2O5. The Balaban J connectivity index is 4.11. The molecular weight excluding hydrogens is 264 g/mol. The number of urea groups is 1. The second-order valence-electron chi connectivity index (χ2n) is 4.84. The summed E-state index contributed by atoms with van der Waals surface area (Å²) in [5.41, 5.74) is 0. The molecule has 0 radical (unpaired) electrons. The molecule has 0 bridgehead atoms. The number of nitrogens with one attached hydrogen (secondary N) is 2. The van der Waals surface area contributed by atoms with Crippen molar-refractivity contribution in [1.82, 2.24) is 10.6 Å². The molecule has 0 aliphatic heterocycles. The Kier molecular flexibility index (Phi) is 9.15. The van der Waals surface area contributed by atoms with Crippen molar-refractivity contribution in [2.45, 2.75) is 64.5 Å². The van der Waals surface area contributed by atoms with Crippen molar-refractivity contribution in [3.8, 4) is 0 Å². The first-order valence-corrected chi connectivity index (χ1v) is 6.88. The van der Waals surface area contributed by atoms with Crippen molar-refractivity contribution < 1.29 is 24.6 Å². The number of hydrogen-bond acceptors (Lipinski definition) is 3. The van der Waals surface area contributed by atoms with Gasteiger partial charge in [0, 0.05) is 12.5 Å². The number of carboxylic acid groups (broad SMARTS) is 2. The number of carboxylic acids is 2. The predicted octanol–water partition coefficient (Wildman–Crippen LogP) is 1.57. The van der Waals surface area contributed by atoms with Crippen molar-refractivity contribution >= 4 is 18.0 Å². The molecule has 0 saturated carbocycles. The highest BCUT2D eigenvalue weighted by Gasteiger charge is 2.21. The van der Waals surface area contributed by atoms with Gasteiger partial charge in [0.2, 0.25) is 0 Å². The molecule has 0 aromatic heterocycles. The maximum absolute atomic E-state index is 11.6. The van der Waals surface area contributed by atoms with Crippen LogP contribution >= 0.6 is 0 Å². The van der Waals surface area contributed by atoms with E-state index in [9.17, 15) is 14.4 Å². The maximum Gasteiger partial charge on any atom is 0.326 e. The third kappa shape index (κ3) is 9.18. The van der Waals surface area contributed by atoms with Crippen molar-refractivity contribution in [2.24, 2.45) is 0 Å². The zero-order valence-electron chi connectivity index (χ0n) is 12.0. The van der Waals surface area contributed by atoms with Gasteiger partial charge in [-0.3, -0.25) is 4.79 Å². The fourth-order valence-corrected chi connectivity index (χ4v) is 1.72. The van der Waals surface area contributed by atoms with Gasteiger partial charge in [-0.05, 0) is 19.8 Å². The molecule has 7 heteroatoms. The third-order valence-corrected chi connectivity index (χ3v) is 2.87. The van der Waals surface area contributed by atoms with Gasteiger partial charge < -0.3 is 20.8 Å². The van der Waals surface area contributed by atoms with Gasteiger partial charge in [0.1, 0.15) is 6.04 Å². The first-order chi connectivity index (χ1) is 9.36. The van der Waals surface area contributed by atoms with Crippen molar-refractivity contribution in [3.05, 3.63) is 0 Å². The predicted molar refractivity (Wildman–Crippen MR) is 73.6 cm³/mol. The van der Waals surface area contributed by atoms with Crippen LogP contribution in [0.2, 0.25) is 0 Å². The zero-order valence-corrected chi connectivity index (χ0v) is 12.0. The van der Waals surface area contributed by atoms with E-state index in [0.29, 0.717) is 0 Å². The fraction of sp³-hybridized carbons (Fsp3) is 0.769. The first kappa shape index (κ1) is 18.2. The first-order valence-electron chi connectivity index (χ1n) is 6.88. The van der Waals surface area contributed by atoms with Gasteiger partial charge in [0.05, 0.1) is 0 Å². The van der Waals surface area contributed by atoms with Gasteiger partial charge in [0.25, 0.3) is 0 Å². The Morgan fingerprint density at radius 1 is 1.05 bits per heavy atom. The van der Waals surface area contributed by atoms with Crippen LogP contribution in [-0.2, 0) is 9.59 Å². The van der Waals surface area contributed by atoms with E-state index in [1.54, 1.807) is 0 Å². The Labute approximate surface area is 118 Å². The summed E-state index contributed by atoms with van der Waals surface area (Å²) in [5, 5.41) is 22.4. The van der Waals surface area contributed by atoms with Crippen LogP contribution in [0.15, 0.2) is 0 Å². The Hall–Kier alpha value is -1.79. The van der Waals surface area contributed by atoms with Crippen LogP contribution in [0.5, 0.6) is 0 Å². The maximum atomic E-state index is 11.6. The third-order valence-electron chi connectivity index (χ3n) is 2.87. The number of rotatable bonds is 10. The highest BCUT2D eigenvalue weighted by Crippen LogP contribution is 2.03. The summed E-state index contributed by atoms with van der Waals surface area (Å²) in [6.45, 7) is 3.94. The summed E-state index contributed by atoms with van der Waals surface area (Å²) in [6, 6.07) is -1.81. The van der Waals surface area contributed by atoms with Gasteiger partial charge in [-0.25, -0.2) is 9.59 Å². The fourth-order valence-electron chi connectivity index (χ4n) is 1.72. The Morgan fingerprint density at radius 2 is 1.70 bits per heavy atom. The van der Waals surface area contributed by atoms with Crippen LogP contribution in [0.1, 0.15) is 52.4 Å². The van der Waals surface area contributed by atoms with Crippen LogP contribution in [0, 0.1) is 0 Å². The molecule has 0 aromatic carbocycles. The van der Waals surface area contributed by atoms with Gasteiger partial charge >= 0.3 is 18.0 Å². The summed E-state index contributed by atoms with van der Waals surface area (Å²) < 4.78 is 0. The summed E-state index contributed by atoms with van der Waals surface area (Å²) in [6.07, 6.45) is 3.57. The minimum Gasteiger partial charge on any atom is -0.481 e. The summed E-state index contributed by atoms with van der Waals surface area (Å²) in [4.78, 5) is 32.9. The molecule has 0 saturated heterocycles. The molecule has 0 aromatic rings. The molecule has 0 heterocycles. The number of carbonyl (C=O) groups excluding carboxylic acids is 1. The molecule has 0 rings (SSSR count). The second kappa shape index (κ2) is 10.1. The minimum absolute atomic E-state index is 0.0459. The van der Waals surface area contributed by atoms with Crippen molar-refractivity contribution in [1.29, 1.82) is 0 Å². The minimum atomic E-state index is -1.24. The lowest BCUT2D eigenvalue weighted by atomic mass is 10.1. The van der Waals surface area contributed by atoms with E-state index in [2.05, 4.69) is 17.6 Å². The smallest absolute Gasteiger partial charge is 0.326 e. The number of hydrogen-bond donors (Lipinski definition) is 4. The van der Waals surface area contributed by atoms with Gasteiger partial charge in [-0.1, -0.05) is 26.2 Å². The molecule has 0 fully saturated rings. The molecule has 0 aliphatic carbocycles. The van der Waals surface area contributed by atoms with E-state index < -0.39 is 24.0 Å². The number of aliphatic carboxylic acids is 2. The highest BCUT2D eigenvalue weighted by molar-refractivity contribution is 5.83. The number of unbranched alkanes of at least 4 members (excludes halogenated alkanes) is 2. The Morgan fingerprint density at radius 3 is 2.20 bits per heavy atom. The molecule has 116 valence electrons. The topological polar surface area (TPSA) is 116 Å². The molecule has 0 aliphatic rings. The lowest BCUT2D eigenvalue weighted by molar-refractivity contribution is -0.140. The normalized spacial score (nSPS) is 13.3. The molecule has 20 heavy (non-hydrogen) atoms. The second-order valence-corrected chi connectivity index (χ2v) is 4.84. The highest BCUT2D eigenvalue weighted by atomic mass is 16.4. The van der Waals surface area contributed by atoms with Gasteiger partial charge in [0.15, 0.2) is 0 Å². The lowest BCUT2D eigenvalue weighted by Gasteiger charge is -2.18. The van der Waals surface area contributed by atoms with E-state index in [4.69, 9.17) is 10.2 Å². The molecule has 2 atom stereocenters. The SMILES string of the molecule is CCCCCC(C)NC(=O)NC(CCC(=O)O)C(=O)O. The van der Waals surface area contributed by atoms with E-state index in [-0.39, 0.29) is 18.9 Å². The van der Waals surface area contributed by atoms with E-state index >= 15 is 0 Å². The van der Waals surface area contributed by atoms with Crippen LogP contribution in [0.25, 0.3) is 0 Å². The summed E-state index contributed by atoms with van der Waals surface area (Å²) in [7, 11) is 0. The number of carbonyl (C=O) groups is 3. The molecule has 2 amide bonds. The van der Waals surface area contributed by atoms with Gasteiger partial charge in [-0.15, -0.1) is 0 Å². The summed E-state index contributed by atoms with van der Waals surface area (Å²) in [5.74, 6) is -2.33. The zero-order chi connectivity index (χ0) is 15.5.